The third-order valence-corrected chi connectivity index (χ3v) is 4.19. The molecule has 1 fully saturated rings. The zero-order valence-electron chi connectivity index (χ0n) is 14.4. The molecule has 1 aliphatic heterocycles. The third kappa shape index (κ3) is 5.82. The van der Waals surface area contributed by atoms with Crippen LogP contribution in [0.1, 0.15) is 6.92 Å². The lowest BCUT2D eigenvalue weighted by Gasteiger charge is -2.42. The summed E-state index contributed by atoms with van der Waals surface area (Å²) in [5.41, 5.74) is -0.204. The van der Waals surface area contributed by atoms with E-state index < -0.39 is 58.5 Å². The third-order valence-electron chi connectivity index (χ3n) is 3.75. The molecule has 1 aromatic rings. The van der Waals surface area contributed by atoms with E-state index in [9.17, 15) is 33.5 Å². The maximum absolute atomic E-state index is 11.4. The summed E-state index contributed by atoms with van der Waals surface area (Å²) in [7, 11) is -4.83. The number of aliphatic hydroxyl groups is 2. The van der Waals surface area contributed by atoms with Crippen molar-refractivity contribution in [3.05, 3.63) is 34.4 Å². The quantitative estimate of drug-likeness (QED) is 0.233. The van der Waals surface area contributed by atoms with Crippen LogP contribution in [0.2, 0.25) is 0 Å². The highest BCUT2D eigenvalue weighted by molar-refractivity contribution is 7.80. The molecule has 13 nitrogen and oxygen atoms in total. The van der Waals surface area contributed by atoms with Crippen LogP contribution in [0.5, 0.6) is 5.75 Å². The Bertz CT molecular complexity index is 813. The first-order valence-corrected chi connectivity index (χ1v) is 9.16. The summed E-state index contributed by atoms with van der Waals surface area (Å²) in [6.45, 7) is 0.305. The van der Waals surface area contributed by atoms with Gasteiger partial charge >= 0.3 is 10.4 Å². The number of hydrogen-bond acceptors (Lipinski definition) is 10. The van der Waals surface area contributed by atoms with Gasteiger partial charge in [0.05, 0.1) is 11.5 Å². The second-order valence-electron chi connectivity index (χ2n) is 5.83. The largest absolute Gasteiger partial charge is 0.463 e. The predicted molar refractivity (Wildman–Crippen MR) is 89.5 cm³/mol. The van der Waals surface area contributed by atoms with Crippen LogP contribution in [0, 0.1) is 10.1 Å². The average Bonchev–Trinajstić information content (AvgIpc) is 2.59. The van der Waals surface area contributed by atoms with Crippen LogP contribution in [-0.4, -0.2) is 71.3 Å². The number of ether oxygens (including phenoxy) is 2. The van der Waals surface area contributed by atoms with E-state index in [2.05, 4.69) is 9.50 Å². The van der Waals surface area contributed by atoms with Gasteiger partial charge in [0.25, 0.3) is 5.69 Å². The molecule has 28 heavy (non-hydrogen) atoms. The van der Waals surface area contributed by atoms with E-state index in [1.807, 2.05) is 0 Å². The lowest BCUT2D eigenvalue weighted by Crippen LogP contribution is -2.65. The van der Waals surface area contributed by atoms with Gasteiger partial charge in [-0.05, 0) is 12.1 Å². The molecular weight excluding hydrogens is 404 g/mol. The number of aliphatic hydroxyl groups excluding tert-OH is 2. The van der Waals surface area contributed by atoms with Crippen LogP contribution in [-0.2, 0) is 24.1 Å². The smallest absolute Gasteiger partial charge is 0.397 e. The maximum Gasteiger partial charge on any atom is 0.397 e. The molecular formula is C14H18N2O11S. The number of amides is 1. The van der Waals surface area contributed by atoms with Crippen LogP contribution >= 0.6 is 0 Å². The Labute approximate surface area is 158 Å². The second-order valence-corrected chi connectivity index (χ2v) is 6.92. The molecule has 1 heterocycles. The highest BCUT2D eigenvalue weighted by Crippen LogP contribution is 2.26. The Morgan fingerprint density at radius 3 is 2.39 bits per heavy atom. The number of hydrogen-bond donors (Lipinski definition) is 4. The van der Waals surface area contributed by atoms with E-state index >= 15 is 0 Å². The number of rotatable bonds is 7. The van der Waals surface area contributed by atoms with Gasteiger partial charge in [-0.1, -0.05) is 0 Å². The number of nitrogens with zero attached hydrogens (tertiary/aromatic N) is 1. The Hall–Kier alpha value is -2.36. The fraction of sp³-hybridized carbons (Fsp3) is 0.500. The van der Waals surface area contributed by atoms with Crippen LogP contribution in [0.3, 0.4) is 0 Å². The van der Waals surface area contributed by atoms with Crippen molar-refractivity contribution in [1.29, 1.82) is 0 Å². The minimum atomic E-state index is -4.83. The zero-order valence-corrected chi connectivity index (χ0v) is 15.2. The summed E-state index contributed by atoms with van der Waals surface area (Å²) in [6, 6.07) is 3.52. The topological polar surface area (TPSA) is 195 Å². The molecule has 0 saturated carbocycles. The van der Waals surface area contributed by atoms with E-state index in [1.54, 1.807) is 0 Å². The van der Waals surface area contributed by atoms with Crippen molar-refractivity contribution in [3.63, 3.8) is 0 Å². The Kier molecular flexibility index (Phi) is 6.87. The Morgan fingerprint density at radius 1 is 1.29 bits per heavy atom. The molecule has 1 aliphatic rings. The SMILES string of the molecule is CC(=O)NC1C(Oc2ccc([N+](=O)[O-])cc2)OC(COS(=O)(=O)O)C(O)C1O. The number of non-ortho nitro benzene ring substituents is 1. The predicted octanol–water partition coefficient (Wildman–Crippen LogP) is -1.26. The van der Waals surface area contributed by atoms with Crippen LogP contribution in [0.4, 0.5) is 5.69 Å². The minimum absolute atomic E-state index is 0.0731. The van der Waals surface area contributed by atoms with E-state index in [1.165, 1.54) is 12.1 Å². The average molecular weight is 422 g/mol. The van der Waals surface area contributed by atoms with Gasteiger partial charge < -0.3 is 25.0 Å². The van der Waals surface area contributed by atoms with Crippen LogP contribution < -0.4 is 10.1 Å². The normalized spacial score (nSPS) is 27.8. The summed E-state index contributed by atoms with van der Waals surface area (Å²) < 4.78 is 45.1. The summed E-state index contributed by atoms with van der Waals surface area (Å²) >= 11 is 0. The fourth-order valence-electron chi connectivity index (χ4n) is 2.49. The molecule has 156 valence electrons. The Morgan fingerprint density at radius 2 is 1.89 bits per heavy atom. The van der Waals surface area contributed by atoms with Crippen molar-refractivity contribution >= 4 is 22.0 Å². The first-order chi connectivity index (χ1) is 13.0. The molecule has 0 spiro atoms. The summed E-state index contributed by atoms with van der Waals surface area (Å²) in [6.07, 6.45) is -6.19. The van der Waals surface area contributed by atoms with Crippen molar-refractivity contribution in [2.75, 3.05) is 6.61 Å². The van der Waals surface area contributed by atoms with Crippen LogP contribution in [0.15, 0.2) is 24.3 Å². The number of nitro benzene ring substituents is 1. The lowest BCUT2D eigenvalue weighted by molar-refractivity contribution is -0.384. The molecule has 0 aliphatic carbocycles. The molecule has 1 aromatic carbocycles. The monoisotopic (exact) mass is 422 g/mol. The molecule has 5 unspecified atom stereocenters. The van der Waals surface area contributed by atoms with Gasteiger partial charge in [0.15, 0.2) is 0 Å². The summed E-state index contributed by atoms with van der Waals surface area (Å²) in [5, 5.41) is 33.4. The van der Waals surface area contributed by atoms with E-state index in [0.29, 0.717) is 0 Å². The van der Waals surface area contributed by atoms with Gasteiger partial charge in [-0.2, -0.15) is 8.42 Å². The molecule has 0 radical (unpaired) electrons. The van der Waals surface area contributed by atoms with Gasteiger partial charge in [-0.15, -0.1) is 0 Å². The summed E-state index contributed by atoms with van der Waals surface area (Å²) in [5.74, 6) is -0.506. The van der Waals surface area contributed by atoms with E-state index in [-0.39, 0.29) is 11.4 Å². The van der Waals surface area contributed by atoms with Crippen molar-refractivity contribution in [3.8, 4) is 5.75 Å². The zero-order chi connectivity index (χ0) is 21.1. The van der Waals surface area contributed by atoms with Crippen molar-refractivity contribution in [2.24, 2.45) is 0 Å². The van der Waals surface area contributed by atoms with Gasteiger partial charge in [-0.3, -0.25) is 19.5 Å². The Balaban J connectivity index is 2.21. The maximum atomic E-state index is 11.4. The number of benzene rings is 1. The van der Waals surface area contributed by atoms with Crippen molar-refractivity contribution in [2.45, 2.75) is 37.6 Å². The molecule has 2 rings (SSSR count). The standard InChI is InChI=1S/C14H18N2O11S/c1-7(17)15-11-13(19)12(18)10(6-25-28(22,23)24)27-14(11)26-9-4-2-8(3-5-9)16(20)21/h2-5,10-14,18-19H,6H2,1H3,(H,15,17)(H,22,23,24). The first kappa shape index (κ1) is 21.9. The van der Waals surface area contributed by atoms with Gasteiger partial charge in [-0.25, -0.2) is 4.18 Å². The molecule has 5 atom stereocenters. The highest BCUT2D eigenvalue weighted by Gasteiger charge is 2.46. The highest BCUT2D eigenvalue weighted by atomic mass is 32.3. The number of nitrogens with one attached hydrogen (secondary N) is 1. The van der Waals surface area contributed by atoms with Gasteiger partial charge in [0.1, 0.15) is 30.1 Å². The number of carbonyl (C=O) groups excluding carboxylic acids is 1. The lowest BCUT2D eigenvalue weighted by atomic mass is 9.97. The van der Waals surface area contributed by atoms with Crippen molar-refractivity contribution in [1.82, 2.24) is 5.32 Å². The van der Waals surface area contributed by atoms with E-state index in [0.717, 1.165) is 19.1 Å². The molecule has 14 heteroatoms. The van der Waals surface area contributed by atoms with Crippen LogP contribution in [0.25, 0.3) is 0 Å². The molecule has 4 N–H and O–H groups in total. The van der Waals surface area contributed by atoms with Gasteiger partial charge in [0.2, 0.25) is 12.2 Å². The first-order valence-electron chi connectivity index (χ1n) is 7.79. The molecule has 1 amide bonds. The minimum Gasteiger partial charge on any atom is -0.463 e. The van der Waals surface area contributed by atoms with Gasteiger partial charge in [0, 0.05) is 19.1 Å². The fourth-order valence-corrected chi connectivity index (χ4v) is 2.80. The van der Waals surface area contributed by atoms with E-state index in [4.69, 9.17) is 14.0 Å². The number of carbonyl (C=O) groups is 1. The number of nitro groups is 1. The second kappa shape index (κ2) is 8.76. The molecule has 1 saturated heterocycles. The molecule has 0 bridgehead atoms. The summed E-state index contributed by atoms with van der Waals surface area (Å²) in [4.78, 5) is 21.5. The molecule has 0 aromatic heterocycles. The van der Waals surface area contributed by atoms with Crippen molar-refractivity contribution < 1.29 is 46.6 Å².